The molecule has 5 rings (SSSR count). The van der Waals surface area contributed by atoms with E-state index in [1.807, 2.05) is 53.3 Å². The van der Waals surface area contributed by atoms with E-state index in [4.69, 9.17) is 19.2 Å². The summed E-state index contributed by atoms with van der Waals surface area (Å²) in [6, 6.07) is 13.6. The predicted molar refractivity (Wildman–Crippen MR) is 111 cm³/mol. The molecule has 2 aromatic carbocycles. The molecule has 0 saturated carbocycles. The molecule has 3 heterocycles. The van der Waals surface area contributed by atoms with E-state index in [9.17, 15) is 0 Å². The van der Waals surface area contributed by atoms with Crippen LogP contribution in [0.15, 0.2) is 53.8 Å². The van der Waals surface area contributed by atoms with E-state index < -0.39 is 0 Å². The van der Waals surface area contributed by atoms with E-state index >= 15 is 0 Å². The number of ether oxygens (including phenoxy) is 3. The molecule has 1 aliphatic heterocycles. The lowest BCUT2D eigenvalue weighted by atomic mass is 10.2. The average Bonchev–Trinajstić information content (AvgIpc) is 3.17. The summed E-state index contributed by atoms with van der Waals surface area (Å²) in [4.78, 5) is 13.9. The third kappa shape index (κ3) is 3.15. The zero-order chi connectivity index (χ0) is 19.8. The second-order valence-electron chi connectivity index (χ2n) is 6.39. The van der Waals surface area contributed by atoms with Gasteiger partial charge in [0.05, 0.1) is 18.1 Å². The smallest absolute Gasteiger partial charge is 0.189 e. The van der Waals surface area contributed by atoms with Crippen LogP contribution in [0.25, 0.3) is 28.2 Å². The Kier molecular flexibility index (Phi) is 4.48. The molecule has 0 unspecified atom stereocenters. The highest BCUT2D eigenvalue weighted by Crippen LogP contribution is 2.36. The molecular formula is C21H18N4O3S. The highest BCUT2D eigenvalue weighted by Gasteiger charge is 2.19. The first-order chi connectivity index (χ1) is 14.3. The van der Waals surface area contributed by atoms with Crippen molar-refractivity contribution in [3.05, 3.63) is 48.7 Å². The van der Waals surface area contributed by atoms with Gasteiger partial charge in [0.15, 0.2) is 16.7 Å². The molecule has 0 aliphatic carbocycles. The molecule has 0 saturated heterocycles. The molecular weight excluding hydrogens is 388 g/mol. The number of fused-ring (bicyclic) bond motifs is 2. The maximum Gasteiger partial charge on any atom is 0.189 e. The molecule has 7 nitrogen and oxygen atoms in total. The van der Waals surface area contributed by atoms with E-state index in [2.05, 4.69) is 9.97 Å². The summed E-state index contributed by atoms with van der Waals surface area (Å²) >= 11 is 1.50. The van der Waals surface area contributed by atoms with Crippen LogP contribution in [0, 0.1) is 0 Å². The molecule has 1 aliphatic rings. The van der Waals surface area contributed by atoms with E-state index in [1.54, 1.807) is 13.3 Å². The van der Waals surface area contributed by atoms with Crippen molar-refractivity contribution in [3.63, 3.8) is 0 Å². The normalized spacial score (nSPS) is 12.9. The summed E-state index contributed by atoms with van der Waals surface area (Å²) in [5.74, 6) is 3.73. The van der Waals surface area contributed by atoms with E-state index in [0.717, 1.165) is 45.5 Å². The SMILES string of the molecule is COc1ccc2c(c1)nc(-c1ccc3c(c1)OCCO3)n2-c1ccnc(SC)n1. The highest BCUT2D eigenvalue weighted by molar-refractivity contribution is 7.98. The zero-order valence-electron chi connectivity index (χ0n) is 16.0. The van der Waals surface area contributed by atoms with Crippen LogP contribution in [0.2, 0.25) is 0 Å². The number of hydrogen-bond acceptors (Lipinski definition) is 7. The lowest BCUT2D eigenvalue weighted by Gasteiger charge is -2.19. The fraction of sp³-hybridized carbons (Fsp3) is 0.190. The van der Waals surface area contributed by atoms with Crippen LogP contribution in [-0.2, 0) is 0 Å². The Labute approximate surface area is 171 Å². The molecule has 0 atom stereocenters. The summed E-state index contributed by atoms with van der Waals surface area (Å²) < 4.78 is 18.8. The van der Waals surface area contributed by atoms with Crippen molar-refractivity contribution >= 4 is 22.8 Å². The molecule has 0 N–H and O–H groups in total. The van der Waals surface area contributed by atoms with Crippen LogP contribution in [0.3, 0.4) is 0 Å². The van der Waals surface area contributed by atoms with Gasteiger partial charge in [-0.2, -0.15) is 0 Å². The highest BCUT2D eigenvalue weighted by atomic mass is 32.2. The summed E-state index contributed by atoms with van der Waals surface area (Å²) in [5.41, 5.74) is 2.66. The third-order valence-electron chi connectivity index (χ3n) is 4.69. The summed E-state index contributed by atoms with van der Waals surface area (Å²) in [6.07, 6.45) is 3.72. The predicted octanol–water partition coefficient (Wildman–Crippen LogP) is 3.98. The minimum Gasteiger partial charge on any atom is -0.497 e. The number of nitrogens with zero attached hydrogens (tertiary/aromatic N) is 4. The van der Waals surface area contributed by atoms with Crippen molar-refractivity contribution in [1.82, 2.24) is 19.5 Å². The molecule has 0 spiro atoms. The van der Waals surface area contributed by atoms with Crippen molar-refractivity contribution in [3.8, 4) is 34.5 Å². The van der Waals surface area contributed by atoms with Gasteiger partial charge in [-0.25, -0.2) is 15.0 Å². The van der Waals surface area contributed by atoms with Gasteiger partial charge in [0.2, 0.25) is 0 Å². The Morgan fingerprint density at radius 2 is 1.86 bits per heavy atom. The number of rotatable bonds is 4. The molecule has 2 aromatic heterocycles. The average molecular weight is 406 g/mol. The number of methoxy groups -OCH3 is 1. The number of hydrogen-bond donors (Lipinski definition) is 0. The third-order valence-corrected chi connectivity index (χ3v) is 5.25. The quantitative estimate of drug-likeness (QED) is 0.375. The Hall–Kier alpha value is -3.26. The van der Waals surface area contributed by atoms with Crippen LogP contribution >= 0.6 is 11.8 Å². The lowest BCUT2D eigenvalue weighted by molar-refractivity contribution is 0.171. The number of imidazole rings is 1. The maximum atomic E-state index is 5.77. The monoisotopic (exact) mass is 406 g/mol. The molecule has 8 heteroatoms. The van der Waals surface area contributed by atoms with Crippen LogP contribution in [0.1, 0.15) is 0 Å². The van der Waals surface area contributed by atoms with Crippen LogP contribution in [0.5, 0.6) is 17.2 Å². The van der Waals surface area contributed by atoms with Crippen LogP contribution in [-0.4, -0.2) is 46.1 Å². The Morgan fingerprint density at radius 3 is 2.69 bits per heavy atom. The first-order valence-corrected chi connectivity index (χ1v) is 10.3. The molecule has 0 bridgehead atoms. The van der Waals surface area contributed by atoms with Crippen molar-refractivity contribution in [2.75, 3.05) is 26.6 Å². The van der Waals surface area contributed by atoms with Gasteiger partial charge >= 0.3 is 0 Å². The summed E-state index contributed by atoms with van der Waals surface area (Å²) in [5, 5.41) is 0.700. The second-order valence-corrected chi connectivity index (χ2v) is 7.16. The largest absolute Gasteiger partial charge is 0.497 e. The molecule has 0 fully saturated rings. The molecule has 29 heavy (non-hydrogen) atoms. The number of aromatic nitrogens is 4. The number of benzene rings is 2. The van der Waals surface area contributed by atoms with E-state index in [-0.39, 0.29) is 0 Å². The first kappa shape index (κ1) is 17.8. The standard InChI is InChI=1S/C21H18N4O3S/c1-26-14-4-5-16-15(12-14)23-20(25(16)19-7-8-22-21(24-19)29-2)13-3-6-17-18(11-13)28-10-9-27-17/h3-8,11-12H,9-10H2,1-2H3. The minimum atomic E-state index is 0.535. The van der Waals surface area contributed by atoms with Crippen LogP contribution in [0.4, 0.5) is 0 Å². The van der Waals surface area contributed by atoms with Gasteiger partial charge in [0, 0.05) is 17.8 Å². The minimum absolute atomic E-state index is 0.535. The number of thioether (sulfide) groups is 1. The maximum absolute atomic E-state index is 5.77. The van der Waals surface area contributed by atoms with Gasteiger partial charge in [0.25, 0.3) is 0 Å². The van der Waals surface area contributed by atoms with Gasteiger partial charge in [-0.15, -0.1) is 0 Å². The van der Waals surface area contributed by atoms with Crippen molar-refractivity contribution < 1.29 is 14.2 Å². The fourth-order valence-corrected chi connectivity index (χ4v) is 3.70. The Balaban J connectivity index is 1.75. The molecule has 0 amide bonds. The van der Waals surface area contributed by atoms with Gasteiger partial charge in [-0.1, -0.05) is 11.8 Å². The molecule has 4 aromatic rings. The van der Waals surface area contributed by atoms with Crippen molar-refractivity contribution in [2.24, 2.45) is 0 Å². The van der Waals surface area contributed by atoms with Gasteiger partial charge in [0.1, 0.15) is 30.6 Å². The molecule has 146 valence electrons. The Morgan fingerprint density at radius 1 is 1.00 bits per heavy atom. The fourth-order valence-electron chi connectivity index (χ4n) is 3.35. The van der Waals surface area contributed by atoms with Gasteiger partial charge < -0.3 is 14.2 Å². The molecule has 0 radical (unpaired) electrons. The van der Waals surface area contributed by atoms with Crippen molar-refractivity contribution in [1.29, 1.82) is 0 Å². The summed E-state index contributed by atoms with van der Waals surface area (Å²) in [6.45, 7) is 1.09. The summed E-state index contributed by atoms with van der Waals surface area (Å²) in [7, 11) is 1.65. The topological polar surface area (TPSA) is 71.3 Å². The van der Waals surface area contributed by atoms with E-state index in [1.165, 1.54) is 11.8 Å². The second kappa shape index (κ2) is 7.29. The van der Waals surface area contributed by atoms with Crippen molar-refractivity contribution in [2.45, 2.75) is 5.16 Å². The lowest BCUT2D eigenvalue weighted by Crippen LogP contribution is -2.15. The van der Waals surface area contributed by atoms with E-state index in [0.29, 0.717) is 18.4 Å². The van der Waals surface area contributed by atoms with Crippen LogP contribution < -0.4 is 14.2 Å². The van der Waals surface area contributed by atoms with Gasteiger partial charge in [-0.3, -0.25) is 4.57 Å². The van der Waals surface area contributed by atoms with Gasteiger partial charge in [-0.05, 0) is 42.7 Å². The first-order valence-electron chi connectivity index (χ1n) is 9.11. The Bertz CT molecular complexity index is 1210. The zero-order valence-corrected chi connectivity index (χ0v) is 16.8.